The van der Waals surface area contributed by atoms with Crippen LogP contribution in [-0.4, -0.2) is 16.2 Å². The van der Waals surface area contributed by atoms with Gasteiger partial charge in [0.15, 0.2) is 0 Å². The van der Waals surface area contributed by atoms with E-state index in [2.05, 4.69) is 4.98 Å². The SMILES string of the molecule is CC(O)Cc1ccc(OCc2nccs2)cc1. The lowest BCUT2D eigenvalue weighted by atomic mass is 10.1. The normalized spacial score (nSPS) is 12.4. The zero-order valence-corrected chi connectivity index (χ0v) is 10.5. The van der Waals surface area contributed by atoms with Gasteiger partial charge in [0, 0.05) is 11.6 Å². The summed E-state index contributed by atoms with van der Waals surface area (Å²) < 4.78 is 5.60. The van der Waals surface area contributed by atoms with Gasteiger partial charge in [0.05, 0.1) is 6.10 Å². The van der Waals surface area contributed by atoms with E-state index in [0.717, 1.165) is 16.3 Å². The first-order chi connectivity index (χ1) is 8.24. The minimum Gasteiger partial charge on any atom is -0.486 e. The lowest BCUT2D eigenvalue weighted by Gasteiger charge is -2.07. The molecule has 1 atom stereocenters. The van der Waals surface area contributed by atoms with Gasteiger partial charge in [0.2, 0.25) is 0 Å². The Morgan fingerprint density at radius 1 is 1.35 bits per heavy atom. The number of hydrogen-bond donors (Lipinski definition) is 1. The Morgan fingerprint density at radius 2 is 2.12 bits per heavy atom. The second kappa shape index (κ2) is 5.80. The van der Waals surface area contributed by atoms with Gasteiger partial charge in [0.1, 0.15) is 17.4 Å². The quantitative estimate of drug-likeness (QED) is 0.885. The van der Waals surface area contributed by atoms with Crippen LogP contribution in [0.3, 0.4) is 0 Å². The predicted molar refractivity (Wildman–Crippen MR) is 68.3 cm³/mol. The van der Waals surface area contributed by atoms with Gasteiger partial charge < -0.3 is 9.84 Å². The first-order valence-electron chi connectivity index (χ1n) is 5.52. The number of benzene rings is 1. The molecule has 0 aliphatic rings. The number of aliphatic hydroxyl groups excluding tert-OH is 1. The molecule has 1 aromatic carbocycles. The summed E-state index contributed by atoms with van der Waals surface area (Å²) in [6.45, 7) is 2.29. The molecule has 0 saturated heterocycles. The van der Waals surface area contributed by atoms with Gasteiger partial charge in [-0.15, -0.1) is 11.3 Å². The van der Waals surface area contributed by atoms with Gasteiger partial charge in [0.25, 0.3) is 0 Å². The fourth-order valence-corrected chi connectivity index (χ4v) is 2.06. The van der Waals surface area contributed by atoms with E-state index in [9.17, 15) is 5.11 Å². The molecule has 90 valence electrons. The summed E-state index contributed by atoms with van der Waals surface area (Å²) in [5, 5.41) is 12.2. The van der Waals surface area contributed by atoms with Crippen LogP contribution in [0.15, 0.2) is 35.8 Å². The number of thiazole rings is 1. The van der Waals surface area contributed by atoms with Crippen LogP contribution in [0.25, 0.3) is 0 Å². The molecule has 0 aliphatic carbocycles. The summed E-state index contributed by atoms with van der Waals surface area (Å²) in [6.07, 6.45) is 2.14. The highest BCUT2D eigenvalue weighted by Gasteiger charge is 2.01. The molecule has 1 unspecified atom stereocenters. The second-order valence-electron chi connectivity index (χ2n) is 3.91. The van der Waals surface area contributed by atoms with Crippen LogP contribution in [0, 0.1) is 0 Å². The lowest BCUT2D eigenvalue weighted by molar-refractivity contribution is 0.195. The molecule has 3 nitrogen and oxygen atoms in total. The van der Waals surface area contributed by atoms with Crippen molar-refractivity contribution in [3.8, 4) is 5.75 Å². The van der Waals surface area contributed by atoms with Crippen molar-refractivity contribution in [1.29, 1.82) is 0 Å². The van der Waals surface area contributed by atoms with Crippen molar-refractivity contribution in [2.24, 2.45) is 0 Å². The van der Waals surface area contributed by atoms with Crippen molar-refractivity contribution >= 4 is 11.3 Å². The van der Waals surface area contributed by atoms with Crippen LogP contribution in [0.4, 0.5) is 0 Å². The Hall–Kier alpha value is -1.39. The standard InChI is InChI=1S/C13H15NO2S/c1-10(15)8-11-2-4-12(5-3-11)16-9-13-14-6-7-17-13/h2-7,10,15H,8-9H2,1H3. The summed E-state index contributed by atoms with van der Waals surface area (Å²) in [5.41, 5.74) is 1.11. The summed E-state index contributed by atoms with van der Waals surface area (Å²) in [4.78, 5) is 4.15. The lowest BCUT2D eigenvalue weighted by Crippen LogP contribution is -2.03. The number of nitrogens with zero attached hydrogens (tertiary/aromatic N) is 1. The number of ether oxygens (including phenoxy) is 1. The average Bonchev–Trinajstić information content (AvgIpc) is 2.80. The Balaban J connectivity index is 1.89. The minimum absolute atomic E-state index is 0.308. The number of hydrogen-bond acceptors (Lipinski definition) is 4. The molecule has 1 heterocycles. The summed E-state index contributed by atoms with van der Waals surface area (Å²) in [6, 6.07) is 7.80. The van der Waals surface area contributed by atoms with E-state index < -0.39 is 0 Å². The Morgan fingerprint density at radius 3 is 2.71 bits per heavy atom. The topological polar surface area (TPSA) is 42.4 Å². The highest BCUT2D eigenvalue weighted by atomic mass is 32.1. The summed E-state index contributed by atoms with van der Waals surface area (Å²) in [5.74, 6) is 0.828. The molecule has 17 heavy (non-hydrogen) atoms. The zero-order chi connectivity index (χ0) is 12.1. The number of aromatic nitrogens is 1. The molecule has 0 radical (unpaired) electrons. The van der Waals surface area contributed by atoms with E-state index in [1.807, 2.05) is 29.6 Å². The van der Waals surface area contributed by atoms with E-state index in [0.29, 0.717) is 13.0 Å². The number of aliphatic hydroxyl groups is 1. The first-order valence-corrected chi connectivity index (χ1v) is 6.40. The highest BCUT2D eigenvalue weighted by molar-refractivity contribution is 7.09. The Labute approximate surface area is 105 Å². The van der Waals surface area contributed by atoms with Crippen LogP contribution in [0.5, 0.6) is 5.75 Å². The molecule has 0 spiro atoms. The third kappa shape index (κ3) is 3.84. The molecular formula is C13H15NO2S. The maximum Gasteiger partial charge on any atom is 0.140 e. The third-order valence-corrected chi connectivity index (χ3v) is 3.05. The maximum absolute atomic E-state index is 9.27. The molecule has 4 heteroatoms. The largest absolute Gasteiger partial charge is 0.486 e. The van der Waals surface area contributed by atoms with Crippen LogP contribution < -0.4 is 4.74 Å². The Kier molecular flexibility index (Phi) is 4.12. The molecule has 1 aromatic heterocycles. The van der Waals surface area contributed by atoms with Crippen molar-refractivity contribution in [1.82, 2.24) is 4.98 Å². The van der Waals surface area contributed by atoms with E-state index in [4.69, 9.17) is 4.74 Å². The third-order valence-electron chi connectivity index (χ3n) is 2.30. The molecule has 0 saturated carbocycles. The minimum atomic E-state index is -0.308. The van der Waals surface area contributed by atoms with Crippen molar-refractivity contribution in [2.75, 3.05) is 0 Å². The molecule has 0 aliphatic heterocycles. The Bertz CT molecular complexity index is 437. The first kappa shape index (κ1) is 12.1. The van der Waals surface area contributed by atoms with Gasteiger partial charge in [-0.1, -0.05) is 12.1 Å². The fraction of sp³-hybridized carbons (Fsp3) is 0.308. The van der Waals surface area contributed by atoms with Crippen LogP contribution >= 0.6 is 11.3 Å². The molecule has 0 fully saturated rings. The van der Waals surface area contributed by atoms with Crippen LogP contribution in [-0.2, 0) is 13.0 Å². The van der Waals surface area contributed by atoms with E-state index in [-0.39, 0.29) is 6.10 Å². The van der Waals surface area contributed by atoms with Crippen molar-refractivity contribution < 1.29 is 9.84 Å². The molecule has 1 N–H and O–H groups in total. The molecule has 2 aromatic rings. The summed E-state index contributed by atoms with van der Waals surface area (Å²) >= 11 is 1.58. The average molecular weight is 249 g/mol. The van der Waals surface area contributed by atoms with Gasteiger partial charge in [-0.3, -0.25) is 0 Å². The van der Waals surface area contributed by atoms with Gasteiger partial charge in [-0.2, -0.15) is 0 Å². The van der Waals surface area contributed by atoms with Crippen molar-refractivity contribution in [2.45, 2.75) is 26.1 Å². The van der Waals surface area contributed by atoms with E-state index in [1.54, 1.807) is 24.5 Å². The van der Waals surface area contributed by atoms with E-state index in [1.165, 1.54) is 0 Å². The van der Waals surface area contributed by atoms with E-state index >= 15 is 0 Å². The molecule has 0 amide bonds. The van der Waals surface area contributed by atoms with Gasteiger partial charge in [-0.05, 0) is 31.0 Å². The van der Waals surface area contributed by atoms with Crippen molar-refractivity contribution in [3.63, 3.8) is 0 Å². The van der Waals surface area contributed by atoms with Gasteiger partial charge in [-0.25, -0.2) is 4.98 Å². The van der Waals surface area contributed by atoms with Crippen LogP contribution in [0.2, 0.25) is 0 Å². The highest BCUT2D eigenvalue weighted by Crippen LogP contribution is 2.15. The van der Waals surface area contributed by atoms with Crippen LogP contribution in [0.1, 0.15) is 17.5 Å². The zero-order valence-electron chi connectivity index (χ0n) is 9.67. The second-order valence-corrected chi connectivity index (χ2v) is 4.89. The molecule has 0 bridgehead atoms. The predicted octanol–water partition coefficient (Wildman–Crippen LogP) is 2.65. The fourth-order valence-electron chi connectivity index (χ4n) is 1.53. The molecular weight excluding hydrogens is 234 g/mol. The maximum atomic E-state index is 9.27. The summed E-state index contributed by atoms with van der Waals surface area (Å²) in [7, 11) is 0. The number of rotatable bonds is 5. The molecule has 2 rings (SSSR count). The van der Waals surface area contributed by atoms with Crippen molar-refractivity contribution in [3.05, 3.63) is 46.4 Å². The monoisotopic (exact) mass is 249 g/mol. The smallest absolute Gasteiger partial charge is 0.140 e. The van der Waals surface area contributed by atoms with Gasteiger partial charge >= 0.3 is 0 Å².